The number of esters is 1. The number of hydrogen-bond acceptors (Lipinski definition) is 4. The molecule has 0 aromatic heterocycles. The van der Waals surface area contributed by atoms with Gasteiger partial charge in [0.15, 0.2) is 6.61 Å². The number of para-hydroxylation sites is 1. The SMILES string of the molecule is CCC(=O)OCC(=O)Nc1ccc(Oc2ccccc2)cc1. The van der Waals surface area contributed by atoms with E-state index in [2.05, 4.69) is 5.32 Å². The van der Waals surface area contributed by atoms with Crippen molar-refractivity contribution in [3.05, 3.63) is 54.6 Å². The summed E-state index contributed by atoms with van der Waals surface area (Å²) >= 11 is 0. The van der Waals surface area contributed by atoms with Crippen molar-refractivity contribution in [1.82, 2.24) is 0 Å². The van der Waals surface area contributed by atoms with Crippen molar-refractivity contribution >= 4 is 17.6 Å². The third-order valence-corrected chi connectivity index (χ3v) is 2.77. The Morgan fingerprint density at radius 3 is 2.23 bits per heavy atom. The van der Waals surface area contributed by atoms with Gasteiger partial charge in [-0.25, -0.2) is 0 Å². The van der Waals surface area contributed by atoms with E-state index in [1.165, 1.54) is 0 Å². The summed E-state index contributed by atoms with van der Waals surface area (Å²) in [6.45, 7) is 1.39. The monoisotopic (exact) mass is 299 g/mol. The Hall–Kier alpha value is -2.82. The van der Waals surface area contributed by atoms with Crippen LogP contribution in [0.1, 0.15) is 13.3 Å². The first-order chi connectivity index (χ1) is 10.7. The van der Waals surface area contributed by atoms with E-state index in [9.17, 15) is 9.59 Å². The van der Waals surface area contributed by atoms with Gasteiger partial charge in [0.25, 0.3) is 5.91 Å². The average molecular weight is 299 g/mol. The van der Waals surface area contributed by atoms with Crippen molar-refractivity contribution in [1.29, 1.82) is 0 Å². The first kappa shape index (κ1) is 15.6. The smallest absolute Gasteiger partial charge is 0.306 e. The summed E-state index contributed by atoms with van der Waals surface area (Å²) in [5.41, 5.74) is 0.609. The fourth-order valence-electron chi connectivity index (χ4n) is 1.68. The third kappa shape index (κ3) is 4.94. The fraction of sp³-hybridized carbons (Fsp3) is 0.176. The molecule has 22 heavy (non-hydrogen) atoms. The lowest BCUT2D eigenvalue weighted by molar-refractivity contribution is -0.146. The van der Waals surface area contributed by atoms with Gasteiger partial charge < -0.3 is 14.8 Å². The maximum atomic E-state index is 11.6. The van der Waals surface area contributed by atoms with Crippen molar-refractivity contribution in [2.75, 3.05) is 11.9 Å². The number of carbonyl (C=O) groups excluding carboxylic acids is 2. The zero-order valence-electron chi connectivity index (χ0n) is 12.2. The summed E-state index contributed by atoms with van der Waals surface area (Å²) < 4.78 is 10.4. The summed E-state index contributed by atoms with van der Waals surface area (Å²) in [5, 5.41) is 2.64. The second-order valence-electron chi connectivity index (χ2n) is 4.50. The van der Waals surface area contributed by atoms with Gasteiger partial charge in [0.2, 0.25) is 0 Å². The number of ether oxygens (including phenoxy) is 2. The molecule has 0 unspecified atom stereocenters. The van der Waals surface area contributed by atoms with Crippen LogP contribution in [0.2, 0.25) is 0 Å². The number of rotatable bonds is 6. The Morgan fingerprint density at radius 1 is 0.955 bits per heavy atom. The molecular formula is C17H17NO4. The topological polar surface area (TPSA) is 64.6 Å². The highest BCUT2D eigenvalue weighted by Crippen LogP contribution is 2.22. The molecule has 0 saturated carbocycles. The molecule has 0 bridgehead atoms. The molecule has 2 aromatic rings. The van der Waals surface area contributed by atoms with Gasteiger partial charge in [-0.05, 0) is 36.4 Å². The molecule has 114 valence electrons. The average Bonchev–Trinajstić information content (AvgIpc) is 2.55. The normalized spacial score (nSPS) is 9.86. The lowest BCUT2D eigenvalue weighted by atomic mass is 10.3. The Morgan fingerprint density at radius 2 is 1.59 bits per heavy atom. The molecule has 2 aromatic carbocycles. The number of hydrogen-bond donors (Lipinski definition) is 1. The third-order valence-electron chi connectivity index (χ3n) is 2.77. The highest BCUT2D eigenvalue weighted by molar-refractivity contribution is 5.92. The lowest BCUT2D eigenvalue weighted by Crippen LogP contribution is -2.20. The van der Waals surface area contributed by atoms with Gasteiger partial charge in [-0.2, -0.15) is 0 Å². The summed E-state index contributed by atoms with van der Waals surface area (Å²) in [4.78, 5) is 22.6. The summed E-state index contributed by atoms with van der Waals surface area (Å²) in [6, 6.07) is 16.4. The number of amides is 1. The summed E-state index contributed by atoms with van der Waals surface area (Å²) in [5.74, 6) is 0.632. The predicted molar refractivity (Wildman–Crippen MR) is 82.8 cm³/mol. The highest BCUT2D eigenvalue weighted by atomic mass is 16.5. The van der Waals surface area contributed by atoms with E-state index >= 15 is 0 Å². The standard InChI is InChI=1S/C17H17NO4/c1-2-17(20)21-12-16(19)18-13-8-10-15(11-9-13)22-14-6-4-3-5-7-14/h3-11H,2,12H2,1H3,(H,18,19). The molecule has 0 aliphatic carbocycles. The molecule has 0 aliphatic heterocycles. The van der Waals surface area contributed by atoms with Crippen LogP contribution in [-0.2, 0) is 14.3 Å². The lowest BCUT2D eigenvalue weighted by Gasteiger charge is -2.08. The molecule has 0 saturated heterocycles. The van der Waals surface area contributed by atoms with Crippen molar-refractivity contribution in [2.45, 2.75) is 13.3 Å². The summed E-state index contributed by atoms with van der Waals surface area (Å²) in [7, 11) is 0. The minimum atomic E-state index is -0.401. The number of nitrogens with one attached hydrogen (secondary N) is 1. The van der Waals surface area contributed by atoms with E-state index in [0.717, 1.165) is 5.75 Å². The van der Waals surface area contributed by atoms with Crippen molar-refractivity contribution in [2.24, 2.45) is 0 Å². The quantitative estimate of drug-likeness (QED) is 0.831. The van der Waals surface area contributed by atoms with E-state index in [0.29, 0.717) is 11.4 Å². The van der Waals surface area contributed by atoms with Crippen molar-refractivity contribution in [3.63, 3.8) is 0 Å². The highest BCUT2D eigenvalue weighted by Gasteiger charge is 2.06. The van der Waals surface area contributed by atoms with E-state index in [-0.39, 0.29) is 18.9 Å². The number of carbonyl (C=O) groups is 2. The summed E-state index contributed by atoms with van der Waals surface area (Å²) in [6.07, 6.45) is 0.249. The Bertz CT molecular complexity index is 623. The van der Waals surface area contributed by atoms with Crippen LogP contribution < -0.4 is 10.1 Å². The van der Waals surface area contributed by atoms with Crippen LogP contribution in [0.4, 0.5) is 5.69 Å². The first-order valence-corrected chi connectivity index (χ1v) is 6.96. The van der Waals surface area contributed by atoms with E-state index in [4.69, 9.17) is 9.47 Å². The molecule has 0 radical (unpaired) electrons. The molecule has 1 amide bonds. The van der Waals surface area contributed by atoms with Crippen LogP contribution in [0.15, 0.2) is 54.6 Å². The molecule has 1 N–H and O–H groups in total. The van der Waals surface area contributed by atoms with Crippen molar-refractivity contribution in [3.8, 4) is 11.5 Å². The van der Waals surface area contributed by atoms with Crippen LogP contribution in [0, 0.1) is 0 Å². The Balaban J connectivity index is 1.86. The second kappa shape index (κ2) is 7.83. The number of benzene rings is 2. The fourth-order valence-corrected chi connectivity index (χ4v) is 1.68. The van der Waals surface area contributed by atoms with Gasteiger partial charge in [-0.15, -0.1) is 0 Å². The Labute approximate surface area is 128 Å². The minimum absolute atomic E-state index is 0.249. The molecule has 0 heterocycles. The maximum absolute atomic E-state index is 11.6. The zero-order chi connectivity index (χ0) is 15.8. The molecule has 0 atom stereocenters. The molecule has 5 heteroatoms. The molecule has 0 spiro atoms. The molecule has 0 aliphatic rings. The van der Waals surface area contributed by atoms with Crippen LogP contribution in [0.3, 0.4) is 0 Å². The zero-order valence-corrected chi connectivity index (χ0v) is 12.2. The van der Waals surface area contributed by atoms with Crippen LogP contribution >= 0.6 is 0 Å². The number of anilines is 1. The van der Waals surface area contributed by atoms with Crippen LogP contribution in [0.5, 0.6) is 11.5 Å². The second-order valence-corrected chi connectivity index (χ2v) is 4.50. The van der Waals surface area contributed by atoms with E-state index < -0.39 is 5.97 Å². The largest absolute Gasteiger partial charge is 0.457 e. The Kier molecular flexibility index (Phi) is 5.54. The van der Waals surface area contributed by atoms with Gasteiger partial charge in [-0.3, -0.25) is 9.59 Å². The molecule has 2 rings (SSSR count). The molecule has 5 nitrogen and oxygen atoms in total. The maximum Gasteiger partial charge on any atom is 0.306 e. The van der Waals surface area contributed by atoms with Gasteiger partial charge in [-0.1, -0.05) is 25.1 Å². The van der Waals surface area contributed by atoms with E-state index in [1.54, 1.807) is 31.2 Å². The van der Waals surface area contributed by atoms with Crippen LogP contribution in [0.25, 0.3) is 0 Å². The van der Waals surface area contributed by atoms with Crippen molar-refractivity contribution < 1.29 is 19.1 Å². The first-order valence-electron chi connectivity index (χ1n) is 6.96. The predicted octanol–water partition coefficient (Wildman–Crippen LogP) is 3.37. The molecule has 0 fully saturated rings. The van der Waals surface area contributed by atoms with Crippen LogP contribution in [-0.4, -0.2) is 18.5 Å². The van der Waals surface area contributed by atoms with Gasteiger partial charge >= 0.3 is 5.97 Å². The minimum Gasteiger partial charge on any atom is -0.457 e. The van der Waals surface area contributed by atoms with Gasteiger partial charge in [0.1, 0.15) is 11.5 Å². The van der Waals surface area contributed by atoms with E-state index in [1.807, 2.05) is 30.3 Å². The van der Waals surface area contributed by atoms with Gasteiger partial charge in [0, 0.05) is 12.1 Å². The molecular weight excluding hydrogens is 282 g/mol. The van der Waals surface area contributed by atoms with Gasteiger partial charge in [0.05, 0.1) is 0 Å².